The summed E-state index contributed by atoms with van der Waals surface area (Å²) in [5, 5.41) is 17.7. The highest BCUT2D eigenvalue weighted by atomic mass is 15.1. The van der Waals surface area contributed by atoms with Crippen LogP contribution in [0.1, 0.15) is 5.56 Å². The average Bonchev–Trinajstić information content (AvgIpc) is 2.18. The molecule has 6 nitrogen and oxygen atoms in total. The standard InChI is InChI=1S/C9H10N6/c10-5-14-9(13)15-7-3-1-2-6(4-7)8(11)12/h1-4H,(H3,11,12)(H3,13,14,15). The lowest BCUT2D eigenvalue weighted by molar-refractivity contribution is 1.21. The maximum absolute atomic E-state index is 8.28. The molecular weight excluding hydrogens is 192 g/mol. The number of nitriles is 1. The Bertz CT molecular complexity index is 442. The summed E-state index contributed by atoms with van der Waals surface area (Å²) in [6.45, 7) is 0. The number of nitrogens with one attached hydrogen (secondary N) is 2. The number of nitrogens with two attached hydrogens (primary N) is 2. The number of rotatable bonds is 2. The number of hydrogen-bond donors (Lipinski definition) is 4. The van der Waals surface area contributed by atoms with Gasteiger partial charge in [-0.2, -0.15) is 5.26 Å². The van der Waals surface area contributed by atoms with Gasteiger partial charge in [0.2, 0.25) is 5.96 Å². The summed E-state index contributed by atoms with van der Waals surface area (Å²) in [6.07, 6.45) is 1.65. The van der Waals surface area contributed by atoms with Gasteiger partial charge in [-0.25, -0.2) is 4.99 Å². The van der Waals surface area contributed by atoms with Crippen LogP contribution in [-0.2, 0) is 0 Å². The summed E-state index contributed by atoms with van der Waals surface area (Å²) in [5.74, 6) is -0.0444. The number of nitrogen functional groups attached to an aromatic ring is 1. The molecule has 0 aliphatic heterocycles. The highest BCUT2D eigenvalue weighted by Gasteiger charge is 1.97. The van der Waals surface area contributed by atoms with Crippen LogP contribution in [0.3, 0.4) is 0 Å². The Morgan fingerprint density at radius 2 is 2.20 bits per heavy atom. The first-order valence-electron chi connectivity index (χ1n) is 4.07. The zero-order valence-electron chi connectivity index (χ0n) is 7.86. The Labute approximate surface area is 86.7 Å². The van der Waals surface area contributed by atoms with Crippen LogP contribution in [0, 0.1) is 16.9 Å². The van der Waals surface area contributed by atoms with Gasteiger partial charge in [-0.3, -0.25) is 10.7 Å². The molecule has 0 spiro atoms. The maximum Gasteiger partial charge on any atom is 0.207 e. The van der Waals surface area contributed by atoms with Crippen molar-refractivity contribution < 1.29 is 0 Å². The molecule has 0 aromatic heterocycles. The third kappa shape index (κ3) is 3.00. The SMILES string of the molecule is N#CNC(N)=Nc1cccc(C(=N)N)c1. The van der Waals surface area contributed by atoms with Crippen molar-refractivity contribution in [3.8, 4) is 6.19 Å². The van der Waals surface area contributed by atoms with E-state index in [1.54, 1.807) is 30.5 Å². The van der Waals surface area contributed by atoms with Crippen molar-refractivity contribution in [2.24, 2.45) is 16.5 Å². The van der Waals surface area contributed by atoms with Gasteiger partial charge < -0.3 is 11.5 Å². The molecule has 0 fully saturated rings. The second-order valence-corrected chi connectivity index (χ2v) is 2.70. The van der Waals surface area contributed by atoms with E-state index in [-0.39, 0.29) is 11.8 Å². The second-order valence-electron chi connectivity index (χ2n) is 2.70. The first-order valence-corrected chi connectivity index (χ1v) is 4.07. The predicted molar refractivity (Wildman–Crippen MR) is 57.5 cm³/mol. The second kappa shape index (κ2) is 4.62. The third-order valence-electron chi connectivity index (χ3n) is 1.59. The van der Waals surface area contributed by atoms with Crippen LogP contribution in [-0.4, -0.2) is 11.8 Å². The number of amidine groups is 1. The van der Waals surface area contributed by atoms with Gasteiger partial charge in [-0.1, -0.05) is 12.1 Å². The van der Waals surface area contributed by atoms with Crippen LogP contribution in [0.15, 0.2) is 29.3 Å². The minimum Gasteiger partial charge on any atom is -0.384 e. The molecule has 0 bridgehead atoms. The molecule has 0 heterocycles. The summed E-state index contributed by atoms with van der Waals surface area (Å²) in [6, 6.07) is 6.69. The van der Waals surface area contributed by atoms with E-state index < -0.39 is 0 Å². The maximum atomic E-state index is 8.28. The van der Waals surface area contributed by atoms with Crippen molar-refractivity contribution in [1.29, 1.82) is 10.7 Å². The van der Waals surface area contributed by atoms with Gasteiger partial charge in [0.25, 0.3) is 0 Å². The monoisotopic (exact) mass is 202 g/mol. The van der Waals surface area contributed by atoms with Crippen LogP contribution >= 0.6 is 0 Å². The zero-order valence-corrected chi connectivity index (χ0v) is 7.86. The molecule has 0 saturated heterocycles. The van der Waals surface area contributed by atoms with Gasteiger partial charge >= 0.3 is 0 Å². The summed E-state index contributed by atoms with van der Waals surface area (Å²) < 4.78 is 0. The molecular formula is C9H10N6. The molecule has 0 aliphatic rings. The highest BCUT2D eigenvalue weighted by Crippen LogP contribution is 2.13. The smallest absolute Gasteiger partial charge is 0.207 e. The van der Waals surface area contributed by atoms with Gasteiger partial charge in [0.05, 0.1) is 5.69 Å². The van der Waals surface area contributed by atoms with Crippen LogP contribution < -0.4 is 16.8 Å². The van der Waals surface area contributed by atoms with Gasteiger partial charge in [0.15, 0.2) is 6.19 Å². The Hall–Kier alpha value is -2.55. The summed E-state index contributed by atoms with van der Waals surface area (Å²) in [7, 11) is 0. The predicted octanol–water partition coefficient (Wildman–Crippen LogP) is -0.0125. The zero-order chi connectivity index (χ0) is 11.3. The molecule has 15 heavy (non-hydrogen) atoms. The minimum absolute atomic E-state index is 0.00166. The largest absolute Gasteiger partial charge is 0.384 e. The molecule has 0 amide bonds. The number of aliphatic imine (C=N–C) groups is 1. The van der Waals surface area contributed by atoms with E-state index in [1.807, 2.05) is 0 Å². The van der Waals surface area contributed by atoms with E-state index in [0.29, 0.717) is 11.3 Å². The van der Waals surface area contributed by atoms with Crippen LogP contribution in [0.5, 0.6) is 0 Å². The highest BCUT2D eigenvalue weighted by molar-refractivity contribution is 5.96. The summed E-state index contributed by atoms with van der Waals surface area (Å²) in [4.78, 5) is 3.90. The van der Waals surface area contributed by atoms with E-state index in [0.717, 1.165) is 0 Å². The van der Waals surface area contributed by atoms with Crippen molar-refractivity contribution in [3.05, 3.63) is 29.8 Å². The van der Waals surface area contributed by atoms with Crippen LogP contribution in [0.25, 0.3) is 0 Å². The van der Waals surface area contributed by atoms with Gasteiger partial charge in [-0.05, 0) is 12.1 Å². The Kier molecular flexibility index (Phi) is 3.24. The minimum atomic E-state index is -0.0427. The molecule has 0 aliphatic carbocycles. The molecule has 6 N–H and O–H groups in total. The van der Waals surface area contributed by atoms with E-state index in [9.17, 15) is 0 Å². The van der Waals surface area contributed by atoms with Crippen molar-refractivity contribution in [2.75, 3.05) is 0 Å². The third-order valence-corrected chi connectivity index (χ3v) is 1.59. The van der Waals surface area contributed by atoms with E-state index in [4.69, 9.17) is 22.1 Å². The van der Waals surface area contributed by atoms with E-state index in [1.165, 1.54) is 0 Å². The topological polar surface area (TPSA) is 124 Å². The van der Waals surface area contributed by atoms with Gasteiger partial charge in [0.1, 0.15) is 5.84 Å². The fourth-order valence-electron chi connectivity index (χ4n) is 0.967. The Morgan fingerprint density at radius 3 is 2.80 bits per heavy atom. The molecule has 1 rings (SSSR count). The molecule has 0 radical (unpaired) electrons. The van der Waals surface area contributed by atoms with E-state index >= 15 is 0 Å². The van der Waals surface area contributed by atoms with Gasteiger partial charge in [0, 0.05) is 5.56 Å². The number of guanidine groups is 1. The molecule has 0 unspecified atom stereocenters. The number of nitrogens with zero attached hydrogens (tertiary/aromatic N) is 2. The Balaban J connectivity index is 2.97. The Morgan fingerprint density at radius 1 is 1.47 bits per heavy atom. The van der Waals surface area contributed by atoms with Crippen molar-refractivity contribution in [2.45, 2.75) is 0 Å². The molecule has 0 atom stereocenters. The van der Waals surface area contributed by atoms with Crippen molar-refractivity contribution >= 4 is 17.5 Å². The van der Waals surface area contributed by atoms with Crippen LogP contribution in [0.4, 0.5) is 5.69 Å². The summed E-state index contributed by atoms with van der Waals surface area (Å²) >= 11 is 0. The molecule has 1 aromatic carbocycles. The molecule has 6 heteroatoms. The molecule has 76 valence electrons. The average molecular weight is 202 g/mol. The normalized spacial score (nSPS) is 10.5. The lowest BCUT2D eigenvalue weighted by Gasteiger charge is -2.00. The fourth-order valence-corrected chi connectivity index (χ4v) is 0.967. The van der Waals surface area contributed by atoms with Crippen molar-refractivity contribution in [3.63, 3.8) is 0 Å². The summed E-state index contributed by atoms with van der Waals surface area (Å²) in [5.41, 5.74) is 11.8. The van der Waals surface area contributed by atoms with Crippen molar-refractivity contribution in [1.82, 2.24) is 5.32 Å². The number of benzene rings is 1. The first-order chi connectivity index (χ1) is 7.13. The lowest BCUT2D eigenvalue weighted by atomic mass is 10.2. The quantitative estimate of drug-likeness (QED) is 0.233. The van der Waals surface area contributed by atoms with Crippen LogP contribution in [0.2, 0.25) is 0 Å². The molecule has 1 aromatic rings. The fraction of sp³-hybridized carbons (Fsp3) is 0. The van der Waals surface area contributed by atoms with Gasteiger partial charge in [-0.15, -0.1) is 0 Å². The number of hydrogen-bond acceptors (Lipinski definition) is 3. The van der Waals surface area contributed by atoms with E-state index in [2.05, 4.69) is 10.3 Å². The first kappa shape index (κ1) is 10.5. The molecule has 0 saturated carbocycles. The lowest BCUT2D eigenvalue weighted by Crippen LogP contribution is -2.26.